The lowest BCUT2D eigenvalue weighted by Crippen LogP contribution is -2.35. The van der Waals surface area contributed by atoms with Gasteiger partial charge in [0.2, 0.25) is 5.95 Å². The predicted molar refractivity (Wildman–Crippen MR) is 123 cm³/mol. The molecule has 1 aliphatic heterocycles. The number of hydrogen-bond acceptors (Lipinski definition) is 5. The molecule has 6 nitrogen and oxygen atoms in total. The van der Waals surface area contributed by atoms with E-state index in [1.165, 1.54) is 5.56 Å². The zero-order chi connectivity index (χ0) is 22.1. The van der Waals surface area contributed by atoms with E-state index >= 15 is 0 Å². The van der Waals surface area contributed by atoms with Gasteiger partial charge in [-0.15, -0.1) is 0 Å². The van der Waals surface area contributed by atoms with E-state index in [1.54, 1.807) is 0 Å². The number of amides is 1. The summed E-state index contributed by atoms with van der Waals surface area (Å²) in [5.74, 6) is 1.33. The fourth-order valence-corrected chi connectivity index (χ4v) is 3.95. The largest absolute Gasteiger partial charge is 0.364 e. The van der Waals surface area contributed by atoms with Crippen LogP contribution in [0.1, 0.15) is 63.2 Å². The van der Waals surface area contributed by atoms with Crippen LogP contribution < -0.4 is 10.2 Å². The van der Waals surface area contributed by atoms with Crippen LogP contribution in [-0.4, -0.2) is 45.4 Å². The minimum Gasteiger partial charge on any atom is -0.364 e. The molecule has 1 aliphatic rings. The average molecular weight is 430 g/mol. The monoisotopic (exact) mass is 429 g/mol. The molecule has 0 unspecified atom stereocenters. The van der Waals surface area contributed by atoms with Crippen LogP contribution in [0.5, 0.6) is 0 Å². The Bertz CT molecular complexity index is 907. The summed E-state index contributed by atoms with van der Waals surface area (Å²) in [7, 11) is 0. The predicted octanol–water partition coefficient (Wildman–Crippen LogP) is 4.77. The van der Waals surface area contributed by atoms with Crippen LogP contribution in [0.3, 0.4) is 0 Å². The smallest absolute Gasteiger partial charge is 0.273 e. The first-order valence-electron chi connectivity index (χ1n) is 10.6. The van der Waals surface area contributed by atoms with Gasteiger partial charge in [0.15, 0.2) is 0 Å². The molecule has 0 fully saturated rings. The fourth-order valence-electron chi connectivity index (χ4n) is 3.82. The summed E-state index contributed by atoms with van der Waals surface area (Å²) in [6, 6.07) is 8.02. The van der Waals surface area contributed by atoms with Gasteiger partial charge in [0.25, 0.3) is 5.91 Å². The molecular weight excluding hydrogens is 398 g/mol. The lowest BCUT2D eigenvalue weighted by molar-refractivity contribution is 0.0726. The summed E-state index contributed by atoms with van der Waals surface area (Å²) in [5.41, 5.74) is 2.32. The number of halogens is 1. The Hall–Kier alpha value is -2.34. The molecule has 0 spiro atoms. The highest BCUT2D eigenvalue weighted by atomic mass is 35.5. The second kappa shape index (κ2) is 8.80. The van der Waals surface area contributed by atoms with Gasteiger partial charge < -0.3 is 15.1 Å². The number of carbonyl (C=O) groups is 1. The maximum atomic E-state index is 13.0. The third-order valence-electron chi connectivity index (χ3n) is 5.47. The van der Waals surface area contributed by atoms with E-state index < -0.39 is 0 Å². The van der Waals surface area contributed by atoms with Crippen LogP contribution >= 0.6 is 11.6 Å². The minimum absolute atomic E-state index is 0.0191. The molecule has 1 aromatic carbocycles. The second-order valence-corrected chi connectivity index (χ2v) is 9.15. The van der Waals surface area contributed by atoms with Crippen molar-refractivity contribution < 1.29 is 4.79 Å². The van der Waals surface area contributed by atoms with Gasteiger partial charge in [0.1, 0.15) is 11.5 Å². The molecule has 2 heterocycles. The summed E-state index contributed by atoms with van der Waals surface area (Å²) in [6.07, 6.45) is 0.797. The van der Waals surface area contributed by atoms with Crippen LogP contribution in [-0.2, 0) is 13.0 Å². The molecule has 7 heteroatoms. The van der Waals surface area contributed by atoms with E-state index in [4.69, 9.17) is 16.6 Å². The molecule has 0 saturated carbocycles. The van der Waals surface area contributed by atoms with Gasteiger partial charge in [-0.3, -0.25) is 4.79 Å². The minimum atomic E-state index is -0.273. The number of aromatic nitrogens is 2. The van der Waals surface area contributed by atoms with Gasteiger partial charge in [-0.2, -0.15) is 4.98 Å². The first-order chi connectivity index (χ1) is 14.1. The van der Waals surface area contributed by atoms with Crippen molar-refractivity contribution in [3.05, 3.63) is 46.1 Å². The number of fused-ring (bicyclic) bond motifs is 1. The van der Waals surface area contributed by atoms with Crippen LogP contribution in [0.15, 0.2) is 24.3 Å². The molecule has 0 aliphatic carbocycles. The van der Waals surface area contributed by atoms with E-state index in [-0.39, 0.29) is 17.5 Å². The van der Waals surface area contributed by atoms with Crippen molar-refractivity contribution in [2.75, 3.05) is 23.3 Å². The lowest BCUT2D eigenvalue weighted by atomic mass is 9.94. The van der Waals surface area contributed by atoms with Crippen molar-refractivity contribution in [2.45, 2.75) is 66.1 Å². The Kier molecular flexibility index (Phi) is 6.56. The highest BCUT2D eigenvalue weighted by Gasteiger charge is 2.35. The Labute approximate surface area is 184 Å². The van der Waals surface area contributed by atoms with Crippen molar-refractivity contribution in [3.8, 4) is 0 Å². The number of benzene rings is 1. The molecule has 1 N–H and O–H groups in total. The number of hydrogen-bond donors (Lipinski definition) is 1. The van der Waals surface area contributed by atoms with Gasteiger partial charge >= 0.3 is 0 Å². The van der Waals surface area contributed by atoms with Crippen molar-refractivity contribution in [3.63, 3.8) is 0 Å². The molecule has 1 amide bonds. The summed E-state index contributed by atoms with van der Waals surface area (Å²) in [4.78, 5) is 26.5. The van der Waals surface area contributed by atoms with Crippen LogP contribution in [0, 0.1) is 0 Å². The van der Waals surface area contributed by atoms with Crippen LogP contribution in [0.4, 0.5) is 11.8 Å². The number of nitrogens with zero attached hydrogens (tertiary/aromatic N) is 4. The molecule has 30 heavy (non-hydrogen) atoms. The molecule has 0 saturated heterocycles. The van der Waals surface area contributed by atoms with E-state index in [0.29, 0.717) is 18.2 Å². The molecule has 0 radical (unpaired) electrons. The van der Waals surface area contributed by atoms with E-state index in [0.717, 1.165) is 35.9 Å². The number of carbonyl (C=O) groups excluding carboxylic acids is 1. The van der Waals surface area contributed by atoms with E-state index in [9.17, 15) is 4.79 Å². The van der Waals surface area contributed by atoms with Crippen molar-refractivity contribution in [2.24, 2.45) is 0 Å². The molecule has 3 rings (SSSR count). The molecular formula is C23H32ClN5O. The fraction of sp³-hybridized carbons (Fsp3) is 0.522. The van der Waals surface area contributed by atoms with E-state index in [2.05, 4.69) is 42.9 Å². The van der Waals surface area contributed by atoms with Crippen molar-refractivity contribution in [1.29, 1.82) is 0 Å². The molecule has 0 bridgehead atoms. The quantitative estimate of drug-likeness (QED) is 0.654. The van der Waals surface area contributed by atoms with Gasteiger partial charge in [-0.05, 0) is 65.7 Å². The maximum Gasteiger partial charge on any atom is 0.273 e. The van der Waals surface area contributed by atoms with Crippen molar-refractivity contribution >= 4 is 29.3 Å². The number of rotatable bonds is 8. The number of anilines is 2. The Morgan fingerprint density at radius 1 is 1.17 bits per heavy atom. The molecule has 2 aromatic rings. The highest BCUT2D eigenvalue weighted by Crippen LogP contribution is 2.32. The maximum absolute atomic E-state index is 13.0. The first-order valence-corrected chi connectivity index (χ1v) is 11.0. The summed E-state index contributed by atoms with van der Waals surface area (Å²) in [6.45, 7) is 14.6. The van der Waals surface area contributed by atoms with Crippen LogP contribution in [0.25, 0.3) is 0 Å². The molecule has 162 valence electrons. The normalized spacial score (nSPS) is 13.7. The summed E-state index contributed by atoms with van der Waals surface area (Å²) >= 11 is 6.03. The van der Waals surface area contributed by atoms with Crippen molar-refractivity contribution in [1.82, 2.24) is 14.9 Å². The topological polar surface area (TPSA) is 61.4 Å². The van der Waals surface area contributed by atoms with Crippen LogP contribution in [0.2, 0.25) is 5.02 Å². The van der Waals surface area contributed by atoms with E-state index in [1.807, 2.05) is 43.0 Å². The molecule has 0 atom stereocenters. The third kappa shape index (κ3) is 4.69. The average Bonchev–Trinajstić information content (AvgIpc) is 3.02. The SMILES string of the molecule is CCN(CC)c1nc(NC(C)(C)Cc2ccc(Cl)cc2)c2c(n1)C(=O)N(C(C)C)C2. The number of nitrogens with one attached hydrogen (secondary N) is 1. The Morgan fingerprint density at radius 3 is 2.37 bits per heavy atom. The standard InChI is InChI=1S/C23H32ClN5O/c1-7-28(8-2)22-25-19-18(14-29(15(3)4)21(19)30)20(26-22)27-23(5,6)13-16-9-11-17(24)12-10-16/h9-12,15H,7-8,13-14H2,1-6H3,(H,25,26,27). The zero-order valence-electron chi connectivity index (χ0n) is 18.8. The zero-order valence-corrected chi connectivity index (χ0v) is 19.5. The van der Waals surface area contributed by atoms with Gasteiger partial charge in [0, 0.05) is 35.3 Å². The Morgan fingerprint density at radius 2 is 1.80 bits per heavy atom. The third-order valence-corrected chi connectivity index (χ3v) is 5.72. The molecule has 1 aromatic heterocycles. The van der Waals surface area contributed by atoms with Gasteiger partial charge in [-0.1, -0.05) is 23.7 Å². The van der Waals surface area contributed by atoms with Gasteiger partial charge in [-0.25, -0.2) is 4.98 Å². The summed E-state index contributed by atoms with van der Waals surface area (Å²) < 4.78 is 0. The highest BCUT2D eigenvalue weighted by molar-refractivity contribution is 6.30. The second-order valence-electron chi connectivity index (χ2n) is 8.71. The Balaban J connectivity index is 1.97. The summed E-state index contributed by atoms with van der Waals surface area (Å²) in [5, 5.41) is 4.35. The van der Waals surface area contributed by atoms with Gasteiger partial charge in [0.05, 0.1) is 6.54 Å². The first kappa shape index (κ1) is 22.3. The lowest BCUT2D eigenvalue weighted by Gasteiger charge is -2.29.